The molecule has 96 valence electrons. The number of hydrogen-bond donors (Lipinski definition) is 2. The van der Waals surface area contributed by atoms with Crippen molar-refractivity contribution in [2.24, 2.45) is 11.1 Å². The third kappa shape index (κ3) is 2.76. The first-order chi connectivity index (χ1) is 7.52. The summed E-state index contributed by atoms with van der Waals surface area (Å²) in [4.78, 5) is 0. The van der Waals surface area contributed by atoms with E-state index < -0.39 is 0 Å². The molecular weight excluding hydrogens is 202 g/mol. The first-order valence-corrected chi connectivity index (χ1v) is 6.52. The first-order valence-electron chi connectivity index (χ1n) is 6.52. The number of nitrogens with two attached hydrogens (primary N) is 1. The molecule has 3 N–H and O–H groups in total. The quantitative estimate of drug-likeness (QED) is 0.759. The molecule has 3 heteroatoms. The van der Waals surface area contributed by atoms with Gasteiger partial charge in [-0.3, -0.25) is 0 Å². The minimum atomic E-state index is -0.0553. The molecule has 0 aromatic rings. The maximum Gasteiger partial charge on any atom is 0.0657 e. The number of aliphatic hydroxyl groups is 1. The lowest BCUT2D eigenvalue weighted by Gasteiger charge is -2.49. The van der Waals surface area contributed by atoms with Gasteiger partial charge in [-0.05, 0) is 44.4 Å². The zero-order chi connectivity index (χ0) is 12.2. The van der Waals surface area contributed by atoms with Crippen molar-refractivity contribution < 1.29 is 9.84 Å². The second-order valence-corrected chi connectivity index (χ2v) is 5.43. The van der Waals surface area contributed by atoms with Crippen LogP contribution >= 0.6 is 0 Å². The summed E-state index contributed by atoms with van der Waals surface area (Å²) in [5.74, 6) is 0. The lowest BCUT2D eigenvalue weighted by Crippen LogP contribution is -2.52. The van der Waals surface area contributed by atoms with E-state index in [2.05, 4.69) is 20.8 Å². The van der Waals surface area contributed by atoms with Gasteiger partial charge in [0, 0.05) is 19.3 Å². The average molecular weight is 229 g/mol. The molecule has 0 spiro atoms. The normalized spacial score (nSPS) is 37.3. The van der Waals surface area contributed by atoms with Gasteiger partial charge in [-0.1, -0.05) is 13.8 Å². The van der Waals surface area contributed by atoms with Gasteiger partial charge < -0.3 is 15.6 Å². The Kier molecular flexibility index (Phi) is 4.77. The maximum absolute atomic E-state index is 9.27. The van der Waals surface area contributed by atoms with Crippen LogP contribution in [0.4, 0.5) is 0 Å². The molecule has 0 aliphatic carbocycles. The average Bonchev–Trinajstić information content (AvgIpc) is 2.28. The zero-order valence-electron chi connectivity index (χ0n) is 11.0. The summed E-state index contributed by atoms with van der Waals surface area (Å²) in [5.41, 5.74) is 6.30. The topological polar surface area (TPSA) is 55.5 Å². The Hall–Kier alpha value is -0.120. The molecule has 1 saturated heterocycles. The number of hydrogen-bond acceptors (Lipinski definition) is 3. The van der Waals surface area contributed by atoms with Crippen LogP contribution in [0.3, 0.4) is 0 Å². The molecule has 3 unspecified atom stereocenters. The third-order valence-corrected chi connectivity index (χ3v) is 4.36. The molecule has 1 fully saturated rings. The van der Waals surface area contributed by atoms with Crippen LogP contribution in [0.2, 0.25) is 0 Å². The van der Waals surface area contributed by atoms with Crippen molar-refractivity contribution in [1.82, 2.24) is 0 Å². The van der Waals surface area contributed by atoms with Gasteiger partial charge >= 0.3 is 0 Å². The molecule has 3 nitrogen and oxygen atoms in total. The number of aliphatic hydroxyl groups excluding tert-OH is 1. The second kappa shape index (κ2) is 5.48. The van der Waals surface area contributed by atoms with Crippen LogP contribution in [0.25, 0.3) is 0 Å². The van der Waals surface area contributed by atoms with Gasteiger partial charge in [-0.25, -0.2) is 0 Å². The molecule has 0 radical (unpaired) electrons. The van der Waals surface area contributed by atoms with Crippen LogP contribution < -0.4 is 5.73 Å². The highest BCUT2D eigenvalue weighted by atomic mass is 16.5. The molecule has 1 aliphatic heterocycles. The molecule has 1 aliphatic rings. The smallest absolute Gasteiger partial charge is 0.0657 e. The monoisotopic (exact) mass is 229 g/mol. The van der Waals surface area contributed by atoms with Crippen molar-refractivity contribution in [3.8, 4) is 0 Å². The van der Waals surface area contributed by atoms with Crippen molar-refractivity contribution >= 4 is 0 Å². The highest BCUT2D eigenvalue weighted by molar-refractivity contribution is 4.97. The molecule has 0 aromatic carbocycles. The van der Waals surface area contributed by atoms with Gasteiger partial charge in [0.25, 0.3) is 0 Å². The Balaban J connectivity index is 2.84. The van der Waals surface area contributed by atoms with Gasteiger partial charge in [0.15, 0.2) is 0 Å². The van der Waals surface area contributed by atoms with Crippen molar-refractivity contribution in [3.63, 3.8) is 0 Å². The predicted octanol–water partition coefficient (Wildman–Crippen LogP) is 2.07. The zero-order valence-corrected chi connectivity index (χ0v) is 11.0. The van der Waals surface area contributed by atoms with Gasteiger partial charge in [0.1, 0.15) is 0 Å². The summed E-state index contributed by atoms with van der Waals surface area (Å²) < 4.78 is 5.87. The van der Waals surface area contributed by atoms with Gasteiger partial charge in [0.2, 0.25) is 0 Å². The van der Waals surface area contributed by atoms with Gasteiger partial charge in [-0.15, -0.1) is 0 Å². The maximum atomic E-state index is 9.27. The van der Waals surface area contributed by atoms with Crippen molar-refractivity contribution in [2.45, 2.75) is 64.5 Å². The highest BCUT2D eigenvalue weighted by Crippen LogP contribution is 2.45. The molecule has 1 rings (SSSR count). The van der Waals surface area contributed by atoms with Crippen LogP contribution in [0.15, 0.2) is 0 Å². The number of rotatable bonds is 5. The lowest BCUT2D eigenvalue weighted by molar-refractivity contribution is -0.129. The molecule has 0 aromatic heterocycles. The SMILES string of the molecule is CCC(N)C1(CCO)CCOC(C)(CC)C1. The standard InChI is InChI=1S/C13H27NO2/c1-4-11(14)13(6-8-15)7-9-16-12(3,5-2)10-13/h11,15H,4-10,14H2,1-3H3. The molecule has 1 heterocycles. The van der Waals surface area contributed by atoms with Crippen molar-refractivity contribution in [2.75, 3.05) is 13.2 Å². The van der Waals surface area contributed by atoms with E-state index in [-0.39, 0.29) is 23.7 Å². The largest absolute Gasteiger partial charge is 0.396 e. The van der Waals surface area contributed by atoms with Crippen LogP contribution in [-0.4, -0.2) is 30.0 Å². The lowest BCUT2D eigenvalue weighted by atomic mass is 9.66. The van der Waals surface area contributed by atoms with Crippen LogP contribution in [0.5, 0.6) is 0 Å². The summed E-state index contributed by atoms with van der Waals surface area (Å²) in [6.07, 6.45) is 4.75. The minimum Gasteiger partial charge on any atom is -0.396 e. The molecule has 0 amide bonds. The molecule has 0 bridgehead atoms. The summed E-state index contributed by atoms with van der Waals surface area (Å²) in [6.45, 7) is 7.46. The molecule has 16 heavy (non-hydrogen) atoms. The van der Waals surface area contributed by atoms with E-state index >= 15 is 0 Å². The summed E-state index contributed by atoms with van der Waals surface area (Å²) >= 11 is 0. The van der Waals surface area contributed by atoms with Crippen LogP contribution in [0, 0.1) is 5.41 Å². The fourth-order valence-electron chi connectivity index (χ4n) is 2.98. The van der Waals surface area contributed by atoms with Crippen molar-refractivity contribution in [3.05, 3.63) is 0 Å². The van der Waals surface area contributed by atoms with E-state index in [1.165, 1.54) is 0 Å². The van der Waals surface area contributed by atoms with E-state index in [1.54, 1.807) is 0 Å². The Morgan fingerprint density at radius 1 is 1.44 bits per heavy atom. The minimum absolute atomic E-state index is 0.0553. The molecule has 3 atom stereocenters. The van der Waals surface area contributed by atoms with E-state index in [1.807, 2.05) is 0 Å². The Bertz CT molecular complexity index is 218. The Morgan fingerprint density at radius 2 is 2.12 bits per heavy atom. The first kappa shape index (κ1) is 13.9. The van der Waals surface area contributed by atoms with E-state index in [9.17, 15) is 5.11 Å². The summed E-state index contributed by atoms with van der Waals surface area (Å²) in [6, 6.07) is 0.175. The fraction of sp³-hybridized carbons (Fsp3) is 1.00. The van der Waals surface area contributed by atoms with Crippen LogP contribution in [0.1, 0.15) is 52.9 Å². The van der Waals surface area contributed by atoms with E-state index in [0.717, 1.165) is 38.7 Å². The number of ether oxygens (including phenoxy) is 1. The molecule has 0 saturated carbocycles. The van der Waals surface area contributed by atoms with E-state index in [4.69, 9.17) is 10.5 Å². The van der Waals surface area contributed by atoms with Gasteiger partial charge in [-0.2, -0.15) is 0 Å². The van der Waals surface area contributed by atoms with Crippen molar-refractivity contribution in [1.29, 1.82) is 0 Å². The fourth-order valence-corrected chi connectivity index (χ4v) is 2.98. The van der Waals surface area contributed by atoms with Gasteiger partial charge in [0.05, 0.1) is 5.60 Å². The van der Waals surface area contributed by atoms with Crippen LogP contribution in [-0.2, 0) is 4.74 Å². The summed E-state index contributed by atoms with van der Waals surface area (Å²) in [5, 5.41) is 9.27. The predicted molar refractivity (Wildman–Crippen MR) is 66.3 cm³/mol. The highest BCUT2D eigenvalue weighted by Gasteiger charge is 2.44. The summed E-state index contributed by atoms with van der Waals surface area (Å²) in [7, 11) is 0. The molecular formula is C13H27NO2. The van der Waals surface area contributed by atoms with E-state index in [0.29, 0.717) is 0 Å². The Labute approximate surface area is 99.4 Å². The third-order valence-electron chi connectivity index (χ3n) is 4.36. The Morgan fingerprint density at radius 3 is 2.62 bits per heavy atom. The second-order valence-electron chi connectivity index (χ2n) is 5.43.